The summed E-state index contributed by atoms with van der Waals surface area (Å²) in [7, 11) is -2.02. The molecule has 124 valence electrons. The molecule has 2 nitrogen and oxygen atoms in total. The Balaban J connectivity index is 2.12. The summed E-state index contributed by atoms with van der Waals surface area (Å²) in [5.74, 6) is 0. The van der Waals surface area contributed by atoms with Gasteiger partial charge in [0.1, 0.15) is 0 Å². The lowest BCUT2D eigenvalue weighted by Gasteiger charge is -2.43. The molecule has 0 aromatic heterocycles. The van der Waals surface area contributed by atoms with Crippen LogP contribution in [0.2, 0.25) is 11.1 Å². The highest BCUT2D eigenvalue weighted by Crippen LogP contribution is 2.50. The maximum absolute atomic E-state index is 6.71. The minimum atomic E-state index is -2.02. The molecule has 21 heavy (non-hydrogen) atoms. The fourth-order valence-electron chi connectivity index (χ4n) is 4.32. The van der Waals surface area contributed by atoms with Gasteiger partial charge in [-0.1, -0.05) is 52.4 Å². The third-order valence-electron chi connectivity index (χ3n) is 5.46. The van der Waals surface area contributed by atoms with Gasteiger partial charge in [0, 0.05) is 24.3 Å². The first-order valence-electron chi connectivity index (χ1n) is 9.61. The highest BCUT2D eigenvalue weighted by atomic mass is 28.4. The second-order valence-corrected chi connectivity index (χ2v) is 10.7. The van der Waals surface area contributed by atoms with Crippen LogP contribution in [-0.4, -0.2) is 21.8 Å². The Morgan fingerprint density at radius 3 is 1.76 bits per heavy atom. The van der Waals surface area contributed by atoms with Gasteiger partial charge in [-0.3, -0.25) is 0 Å². The van der Waals surface area contributed by atoms with Crippen molar-refractivity contribution in [2.45, 2.75) is 102 Å². The minimum Gasteiger partial charge on any atom is -0.394 e. The summed E-state index contributed by atoms with van der Waals surface area (Å²) in [5, 5.41) is 0. The Labute approximate surface area is 133 Å². The monoisotopic (exact) mass is 312 g/mol. The summed E-state index contributed by atoms with van der Waals surface area (Å²) in [6, 6.07) is 0. The van der Waals surface area contributed by atoms with Crippen molar-refractivity contribution in [1.29, 1.82) is 0 Å². The summed E-state index contributed by atoms with van der Waals surface area (Å²) in [6.45, 7) is 6.36. The van der Waals surface area contributed by atoms with Crippen molar-refractivity contribution in [3.05, 3.63) is 0 Å². The zero-order valence-electron chi connectivity index (χ0n) is 14.4. The molecule has 1 unspecified atom stereocenters. The van der Waals surface area contributed by atoms with Gasteiger partial charge < -0.3 is 8.85 Å². The van der Waals surface area contributed by atoms with Crippen molar-refractivity contribution in [1.82, 2.24) is 0 Å². The molecule has 2 rings (SSSR count). The van der Waals surface area contributed by atoms with Gasteiger partial charge in [0.15, 0.2) is 0 Å². The second-order valence-electron chi connectivity index (χ2n) is 7.09. The molecule has 3 heteroatoms. The van der Waals surface area contributed by atoms with E-state index in [2.05, 4.69) is 13.8 Å². The molecular weight excluding hydrogens is 276 g/mol. The van der Waals surface area contributed by atoms with Crippen LogP contribution in [0, 0.1) is 0 Å². The smallest absolute Gasteiger partial charge is 0.344 e. The van der Waals surface area contributed by atoms with Crippen LogP contribution in [0.25, 0.3) is 0 Å². The van der Waals surface area contributed by atoms with Crippen molar-refractivity contribution in [3.8, 4) is 0 Å². The van der Waals surface area contributed by atoms with E-state index < -0.39 is 8.56 Å². The van der Waals surface area contributed by atoms with Gasteiger partial charge in [-0.25, -0.2) is 0 Å². The van der Waals surface area contributed by atoms with E-state index in [1.54, 1.807) is 0 Å². The van der Waals surface area contributed by atoms with E-state index in [1.807, 2.05) is 0 Å². The SMILES string of the molecule is CCCCO[Si](OCCC)(C1CCCCC1)C1CCCC1. The molecule has 1 atom stereocenters. The van der Waals surface area contributed by atoms with E-state index in [0.717, 1.165) is 30.7 Å². The quantitative estimate of drug-likeness (QED) is 0.387. The average Bonchev–Trinajstić information content (AvgIpc) is 3.07. The zero-order chi connectivity index (χ0) is 15.0. The van der Waals surface area contributed by atoms with Crippen LogP contribution in [0.3, 0.4) is 0 Å². The third-order valence-corrected chi connectivity index (χ3v) is 10.2. The van der Waals surface area contributed by atoms with E-state index in [-0.39, 0.29) is 0 Å². The first kappa shape index (κ1) is 17.5. The first-order chi connectivity index (χ1) is 10.3. The molecule has 0 aromatic carbocycles. The maximum atomic E-state index is 6.71. The summed E-state index contributed by atoms with van der Waals surface area (Å²) >= 11 is 0. The topological polar surface area (TPSA) is 18.5 Å². The van der Waals surface area contributed by atoms with Crippen LogP contribution in [0.1, 0.15) is 90.9 Å². The Morgan fingerprint density at radius 1 is 0.714 bits per heavy atom. The Hall–Kier alpha value is 0.137. The Morgan fingerprint density at radius 2 is 1.24 bits per heavy atom. The van der Waals surface area contributed by atoms with Gasteiger partial charge in [0.2, 0.25) is 0 Å². The summed E-state index contributed by atoms with van der Waals surface area (Å²) in [5.41, 5.74) is 1.56. The molecule has 0 amide bonds. The van der Waals surface area contributed by atoms with Crippen molar-refractivity contribution in [2.75, 3.05) is 13.2 Å². The molecule has 0 saturated heterocycles. The van der Waals surface area contributed by atoms with E-state index in [0.29, 0.717) is 0 Å². The number of unbranched alkanes of at least 4 members (excludes halogenated alkanes) is 1. The predicted octanol–water partition coefficient (Wildman–Crippen LogP) is 5.95. The second kappa shape index (κ2) is 9.31. The van der Waals surface area contributed by atoms with Gasteiger partial charge in [-0.05, 0) is 38.5 Å². The number of hydrogen-bond donors (Lipinski definition) is 0. The van der Waals surface area contributed by atoms with Crippen LogP contribution in [0.15, 0.2) is 0 Å². The molecule has 0 radical (unpaired) electrons. The lowest BCUT2D eigenvalue weighted by molar-refractivity contribution is 0.138. The van der Waals surface area contributed by atoms with E-state index in [1.165, 1.54) is 70.6 Å². The van der Waals surface area contributed by atoms with Crippen LogP contribution < -0.4 is 0 Å². The average molecular weight is 313 g/mol. The fraction of sp³-hybridized carbons (Fsp3) is 1.00. The van der Waals surface area contributed by atoms with Crippen LogP contribution in [-0.2, 0) is 8.85 Å². The molecule has 0 heterocycles. The number of rotatable bonds is 9. The van der Waals surface area contributed by atoms with Crippen molar-refractivity contribution < 1.29 is 8.85 Å². The van der Waals surface area contributed by atoms with Gasteiger partial charge in [-0.15, -0.1) is 0 Å². The molecule has 2 saturated carbocycles. The molecule has 0 N–H and O–H groups in total. The van der Waals surface area contributed by atoms with Gasteiger partial charge >= 0.3 is 8.56 Å². The lowest BCUT2D eigenvalue weighted by atomic mass is 10.0. The molecule has 2 aliphatic rings. The Bertz CT molecular complexity index is 272. The molecule has 2 fully saturated rings. The Kier molecular flexibility index (Phi) is 7.76. The lowest BCUT2D eigenvalue weighted by Crippen LogP contribution is -2.51. The van der Waals surface area contributed by atoms with Crippen molar-refractivity contribution in [2.24, 2.45) is 0 Å². The van der Waals surface area contributed by atoms with E-state index >= 15 is 0 Å². The normalized spacial score (nSPS) is 24.3. The standard InChI is InChI=1S/C18H36O2Si/c1-3-5-16-20-21(19-15-4-2,18-13-9-10-14-18)17-11-7-6-8-12-17/h17-18H,3-16H2,1-2H3. The van der Waals surface area contributed by atoms with Gasteiger partial charge in [0.05, 0.1) is 0 Å². The molecule has 2 aliphatic carbocycles. The van der Waals surface area contributed by atoms with Crippen molar-refractivity contribution in [3.63, 3.8) is 0 Å². The van der Waals surface area contributed by atoms with Gasteiger partial charge in [0.25, 0.3) is 0 Å². The molecular formula is C18H36O2Si. The highest BCUT2D eigenvalue weighted by Gasteiger charge is 2.52. The first-order valence-corrected chi connectivity index (χ1v) is 11.6. The molecule has 0 aromatic rings. The van der Waals surface area contributed by atoms with Crippen LogP contribution >= 0.6 is 0 Å². The van der Waals surface area contributed by atoms with Gasteiger partial charge in [-0.2, -0.15) is 0 Å². The predicted molar refractivity (Wildman–Crippen MR) is 91.9 cm³/mol. The van der Waals surface area contributed by atoms with Crippen LogP contribution in [0.5, 0.6) is 0 Å². The highest BCUT2D eigenvalue weighted by molar-refractivity contribution is 6.70. The minimum absolute atomic E-state index is 0.776. The van der Waals surface area contributed by atoms with E-state index in [4.69, 9.17) is 8.85 Å². The van der Waals surface area contributed by atoms with Crippen LogP contribution in [0.4, 0.5) is 0 Å². The summed E-state index contributed by atoms with van der Waals surface area (Å²) in [4.78, 5) is 0. The van der Waals surface area contributed by atoms with E-state index in [9.17, 15) is 0 Å². The maximum Gasteiger partial charge on any atom is 0.344 e. The zero-order valence-corrected chi connectivity index (χ0v) is 15.4. The summed E-state index contributed by atoms with van der Waals surface area (Å²) < 4.78 is 13.4. The fourth-order valence-corrected chi connectivity index (χ4v) is 9.42. The third kappa shape index (κ3) is 4.55. The largest absolute Gasteiger partial charge is 0.394 e. The summed E-state index contributed by atoms with van der Waals surface area (Å²) in [6.07, 6.45) is 16.1. The molecule has 0 aliphatic heterocycles. The molecule has 0 bridgehead atoms. The molecule has 0 spiro atoms. The number of hydrogen-bond acceptors (Lipinski definition) is 2. The van der Waals surface area contributed by atoms with Crippen molar-refractivity contribution >= 4 is 8.56 Å².